The first-order valence-corrected chi connectivity index (χ1v) is 3.67. The molecule has 0 amide bonds. The van der Waals surface area contributed by atoms with Crippen molar-refractivity contribution in [2.24, 2.45) is 5.73 Å². The molecule has 0 aromatic heterocycles. The van der Waals surface area contributed by atoms with Gasteiger partial charge in [-0.25, -0.2) is 0 Å². The fourth-order valence-corrected chi connectivity index (χ4v) is 0.912. The van der Waals surface area contributed by atoms with Gasteiger partial charge in [0.05, 0.1) is 24.3 Å². The fraction of sp³-hybridized carbons (Fsp3) is 0.833. The van der Waals surface area contributed by atoms with E-state index in [0.29, 0.717) is 18.2 Å². The summed E-state index contributed by atoms with van der Waals surface area (Å²) in [7, 11) is 0. The lowest BCUT2D eigenvalue weighted by Gasteiger charge is -2.07. The minimum Gasteiger partial charge on any atom is -0.391 e. The van der Waals surface area contributed by atoms with E-state index < -0.39 is 0 Å². The topological polar surface area (TPSA) is 44.5 Å². The van der Waals surface area contributed by atoms with Crippen molar-refractivity contribution >= 4 is 17.2 Å². The zero-order valence-electron chi connectivity index (χ0n) is 5.71. The van der Waals surface area contributed by atoms with Crippen LogP contribution < -0.4 is 5.73 Å². The monoisotopic (exact) mass is 161 g/mol. The van der Waals surface area contributed by atoms with Crippen molar-refractivity contribution < 1.29 is 9.47 Å². The van der Waals surface area contributed by atoms with E-state index in [1.54, 1.807) is 0 Å². The summed E-state index contributed by atoms with van der Waals surface area (Å²) in [5.74, 6) is 0. The minimum absolute atomic E-state index is 0.210. The number of rotatable bonds is 3. The highest BCUT2D eigenvalue weighted by molar-refractivity contribution is 7.80. The van der Waals surface area contributed by atoms with E-state index in [1.807, 2.05) is 0 Å². The molecule has 10 heavy (non-hydrogen) atoms. The van der Waals surface area contributed by atoms with E-state index >= 15 is 0 Å². The van der Waals surface area contributed by atoms with Gasteiger partial charge in [0.2, 0.25) is 0 Å². The molecule has 0 bridgehead atoms. The van der Waals surface area contributed by atoms with Gasteiger partial charge in [-0.2, -0.15) is 0 Å². The Kier molecular flexibility index (Phi) is 3.05. The number of nitrogens with two attached hydrogens (primary N) is 1. The summed E-state index contributed by atoms with van der Waals surface area (Å²) in [6.45, 7) is 1.86. The molecule has 0 spiro atoms. The predicted molar refractivity (Wildman–Crippen MR) is 42.0 cm³/mol. The molecule has 1 aliphatic heterocycles. The Morgan fingerprint density at radius 3 is 3.10 bits per heavy atom. The third kappa shape index (κ3) is 2.60. The lowest BCUT2D eigenvalue weighted by atomic mass is 10.3. The standard InChI is InChI=1S/C6H11NO2S/c7-6(10)4-9-5-1-2-8-3-5/h5H,1-4H2,(H2,7,10). The maximum atomic E-state index is 5.27. The van der Waals surface area contributed by atoms with Crippen LogP contribution in [0.4, 0.5) is 0 Å². The van der Waals surface area contributed by atoms with Crippen LogP contribution in [0.3, 0.4) is 0 Å². The smallest absolute Gasteiger partial charge is 0.0989 e. The van der Waals surface area contributed by atoms with Gasteiger partial charge in [0.1, 0.15) is 0 Å². The number of thiocarbonyl (C=S) groups is 1. The van der Waals surface area contributed by atoms with Crippen LogP contribution in [0.2, 0.25) is 0 Å². The second kappa shape index (κ2) is 3.85. The molecule has 2 N–H and O–H groups in total. The molecular formula is C6H11NO2S. The maximum absolute atomic E-state index is 5.27. The molecule has 1 saturated heterocycles. The molecule has 58 valence electrons. The predicted octanol–water partition coefficient (Wildman–Crippen LogP) is 0.0780. The SMILES string of the molecule is NC(=S)COC1CCOC1. The van der Waals surface area contributed by atoms with E-state index in [-0.39, 0.29) is 6.10 Å². The van der Waals surface area contributed by atoms with E-state index in [9.17, 15) is 0 Å². The average Bonchev–Trinajstić information content (AvgIpc) is 2.34. The van der Waals surface area contributed by atoms with Crippen molar-refractivity contribution in [3.8, 4) is 0 Å². The van der Waals surface area contributed by atoms with Gasteiger partial charge in [-0.1, -0.05) is 12.2 Å². The summed E-state index contributed by atoms with van der Waals surface area (Å²) < 4.78 is 10.4. The van der Waals surface area contributed by atoms with E-state index in [0.717, 1.165) is 13.0 Å². The highest BCUT2D eigenvalue weighted by Crippen LogP contribution is 2.07. The van der Waals surface area contributed by atoms with Gasteiger partial charge in [0.15, 0.2) is 0 Å². The first-order valence-electron chi connectivity index (χ1n) is 3.26. The van der Waals surface area contributed by atoms with Crippen LogP contribution in [0.25, 0.3) is 0 Å². The zero-order chi connectivity index (χ0) is 7.40. The molecule has 1 aliphatic rings. The lowest BCUT2D eigenvalue weighted by Crippen LogP contribution is -2.22. The molecule has 1 fully saturated rings. The largest absolute Gasteiger partial charge is 0.391 e. The highest BCUT2D eigenvalue weighted by atomic mass is 32.1. The van der Waals surface area contributed by atoms with Gasteiger partial charge in [0, 0.05) is 6.61 Å². The van der Waals surface area contributed by atoms with Gasteiger partial charge in [0.25, 0.3) is 0 Å². The molecule has 0 aromatic rings. The van der Waals surface area contributed by atoms with Crippen molar-refractivity contribution in [2.45, 2.75) is 12.5 Å². The van der Waals surface area contributed by atoms with E-state index in [4.69, 9.17) is 15.2 Å². The average molecular weight is 161 g/mol. The lowest BCUT2D eigenvalue weighted by molar-refractivity contribution is 0.0665. The van der Waals surface area contributed by atoms with E-state index in [2.05, 4.69) is 12.2 Å². The number of hydrogen-bond donors (Lipinski definition) is 1. The third-order valence-electron chi connectivity index (χ3n) is 1.35. The molecule has 0 radical (unpaired) electrons. The Labute approximate surface area is 65.5 Å². The Morgan fingerprint density at radius 1 is 1.80 bits per heavy atom. The Balaban J connectivity index is 2.07. The first kappa shape index (κ1) is 7.91. The molecule has 1 rings (SSSR count). The second-order valence-electron chi connectivity index (χ2n) is 2.26. The molecule has 0 aromatic carbocycles. The third-order valence-corrected chi connectivity index (χ3v) is 1.47. The highest BCUT2D eigenvalue weighted by Gasteiger charge is 2.15. The van der Waals surface area contributed by atoms with Crippen LogP contribution in [-0.4, -0.2) is 30.9 Å². The summed E-state index contributed by atoms with van der Waals surface area (Å²) >= 11 is 4.64. The Bertz CT molecular complexity index is 123. The first-order chi connectivity index (χ1) is 4.79. The molecule has 1 unspecified atom stereocenters. The van der Waals surface area contributed by atoms with Crippen LogP contribution in [0.15, 0.2) is 0 Å². The molecule has 1 atom stereocenters. The fourth-order valence-electron chi connectivity index (χ4n) is 0.844. The Hall–Kier alpha value is -0.190. The van der Waals surface area contributed by atoms with Gasteiger partial charge in [-0.05, 0) is 6.42 Å². The van der Waals surface area contributed by atoms with Crippen molar-refractivity contribution in [2.75, 3.05) is 19.8 Å². The maximum Gasteiger partial charge on any atom is 0.0989 e. The van der Waals surface area contributed by atoms with Crippen LogP contribution in [0.1, 0.15) is 6.42 Å². The summed E-state index contributed by atoms with van der Waals surface area (Å²) in [5, 5.41) is 0. The quantitative estimate of drug-likeness (QED) is 0.595. The van der Waals surface area contributed by atoms with Crippen LogP contribution in [-0.2, 0) is 9.47 Å². The number of hydrogen-bond acceptors (Lipinski definition) is 3. The van der Waals surface area contributed by atoms with Gasteiger partial charge < -0.3 is 15.2 Å². The van der Waals surface area contributed by atoms with Crippen LogP contribution in [0.5, 0.6) is 0 Å². The molecule has 4 heteroatoms. The second-order valence-corrected chi connectivity index (χ2v) is 2.79. The Morgan fingerprint density at radius 2 is 2.60 bits per heavy atom. The number of ether oxygens (including phenoxy) is 2. The minimum atomic E-state index is 0.210. The van der Waals surface area contributed by atoms with Gasteiger partial charge in [-0.3, -0.25) is 0 Å². The zero-order valence-corrected chi connectivity index (χ0v) is 6.52. The van der Waals surface area contributed by atoms with Crippen LogP contribution >= 0.6 is 12.2 Å². The van der Waals surface area contributed by atoms with Crippen molar-refractivity contribution in [1.29, 1.82) is 0 Å². The van der Waals surface area contributed by atoms with Gasteiger partial charge in [-0.15, -0.1) is 0 Å². The van der Waals surface area contributed by atoms with Crippen molar-refractivity contribution in [3.05, 3.63) is 0 Å². The summed E-state index contributed by atoms with van der Waals surface area (Å²) in [6, 6.07) is 0. The summed E-state index contributed by atoms with van der Waals surface area (Å²) in [6.07, 6.45) is 1.17. The molecule has 0 saturated carbocycles. The van der Waals surface area contributed by atoms with Crippen LogP contribution in [0, 0.1) is 0 Å². The molecule has 3 nitrogen and oxygen atoms in total. The molecule has 1 heterocycles. The summed E-state index contributed by atoms with van der Waals surface area (Å²) in [5.41, 5.74) is 5.24. The normalized spacial score (nSPS) is 25.0. The molecular weight excluding hydrogens is 150 g/mol. The van der Waals surface area contributed by atoms with Crippen molar-refractivity contribution in [3.63, 3.8) is 0 Å². The molecule has 0 aliphatic carbocycles. The van der Waals surface area contributed by atoms with Crippen molar-refractivity contribution in [1.82, 2.24) is 0 Å². The van der Waals surface area contributed by atoms with E-state index in [1.165, 1.54) is 0 Å². The summed E-state index contributed by atoms with van der Waals surface area (Å²) in [4.78, 5) is 0.409. The van der Waals surface area contributed by atoms with Gasteiger partial charge >= 0.3 is 0 Å².